The van der Waals surface area contributed by atoms with Crippen LogP contribution in [-0.2, 0) is 11.8 Å². The fourth-order valence-electron chi connectivity index (χ4n) is 3.70. The number of aliphatic hydroxyl groups excluding tert-OH is 1. The van der Waals surface area contributed by atoms with Crippen LogP contribution in [0.1, 0.15) is 59.3 Å². The van der Waals surface area contributed by atoms with Crippen molar-refractivity contribution in [3.63, 3.8) is 0 Å². The van der Waals surface area contributed by atoms with Crippen LogP contribution in [0.3, 0.4) is 0 Å². The highest BCUT2D eigenvalue weighted by Gasteiger charge is 2.27. The Labute approximate surface area is 159 Å². The third-order valence-corrected chi connectivity index (χ3v) is 5.21. The average molecular weight is 363 g/mol. The third kappa shape index (κ3) is 4.34. The lowest BCUT2D eigenvalue weighted by atomic mass is 9.72. The Morgan fingerprint density at radius 3 is 2.52 bits per heavy atom. The molecular formula is C23H25NO3. The molecule has 4 heteroatoms. The first kappa shape index (κ1) is 19.1. The van der Waals surface area contributed by atoms with E-state index in [4.69, 9.17) is 5.11 Å². The minimum atomic E-state index is -0.940. The van der Waals surface area contributed by atoms with E-state index in [1.165, 1.54) is 24.0 Å². The number of aliphatic hydroxyl groups is 1. The summed E-state index contributed by atoms with van der Waals surface area (Å²) in [7, 11) is 0. The molecule has 0 aromatic heterocycles. The number of aromatic carboxylic acids is 1. The largest absolute Gasteiger partial charge is 0.478 e. The summed E-state index contributed by atoms with van der Waals surface area (Å²) in [5, 5.41) is 18.3. The Kier molecular flexibility index (Phi) is 5.57. The summed E-state index contributed by atoms with van der Waals surface area (Å²) in [6.45, 7) is 4.29. The second kappa shape index (κ2) is 7.89. The zero-order valence-corrected chi connectivity index (χ0v) is 15.8. The van der Waals surface area contributed by atoms with Gasteiger partial charge in [0.05, 0.1) is 11.3 Å². The highest BCUT2D eigenvalue weighted by Crippen LogP contribution is 2.37. The van der Waals surface area contributed by atoms with Crippen LogP contribution < -0.4 is 0 Å². The number of rotatable bonds is 5. The Balaban J connectivity index is 1.88. The average Bonchev–Trinajstić information content (AvgIpc) is 2.65. The second-order valence-corrected chi connectivity index (χ2v) is 7.55. The van der Waals surface area contributed by atoms with Crippen molar-refractivity contribution in [2.45, 2.75) is 38.5 Å². The first-order chi connectivity index (χ1) is 12.9. The predicted octanol–water partition coefficient (Wildman–Crippen LogP) is 4.45. The molecule has 140 valence electrons. The van der Waals surface area contributed by atoms with E-state index in [2.05, 4.69) is 37.0 Å². The maximum atomic E-state index is 10.9. The molecule has 2 aromatic rings. The molecule has 1 aliphatic carbocycles. The molecule has 0 fully saturated rings. The molecule has 0 saturated heterocycles. The molecule has 0 spiro atoms. The van der Waals surface area contributed by atoms with E-state index in [1.807, 2.05) is 12.2 Å². The quantitative estimate of drug-likeness (QED) is 0.771. The van der Waals surface area contributed by atoms with Gasteiger partial charge in [0.15, 0.2) is 0 Å². The van der Waals surface area contributed by atoms with Crippen LogP contribution in [0, 0.1) is 0 Å². The van der Waals surface area contributed by atoms with Gasteiger partial charge in [0.1, 0.15) is 6.73 Å². The van der Waals surface area contributed by atoms with Crippen molar-refractivity contribution in [2.75, 3.05) is 6.73 Å². The minimum Gasteiger partial charge on any atom is -0.478 e. The molecule has 3 rings (SSSR count). The number of aryl methyl sites for hydroxylation is 1. The van der Waals surface area contributed by atoms with Crippen molar-refractivity contribution in [2.24, 2.45) is 4.99 Å². The van der Waals surface area contributed by atoms with Gasteiger partial charge in [-0.1, -0.05) is 44.2 Å². The summed E-state index contributed by atoms with van der Waals surface area (Å²) in [6, 6.07) is 13.1. The molecular weight excluding hydrogens is 338 g/mol. The Morgan fingerprint density at radius 2 is 1.85 bits per heavy atom. The monoisotopic (exact) mass is 363 g/mol. The van der Waals surface area contributed by atoms with Crippen molar-refractivity contribution in [1.82, 2.24) is 0 Å². The van der Waals surface area contributed by atoms with Gasteiger partial charge < -0.3 is 10.2 Å². The summed E-state index contributed by atoms with van der Waals surface area (Å²) in [6.07, 6.45) is 7.19. The molecule has 2 aromatic carbocycles. The smallest absolute Gasteiger partial charge is 0.335 e. The van der Waals surface area contributed by atoms with Gasteiger partial charge in [-0.15, -0.1) is 0 Å². The van der Waals surface area contributed by atoms with Gasteiger partial charge in [-0.2, -0.15) is 0 Å². The van der Waals surface area contributed by atoms with Crippen LogP contribution in [0.2, 0.25) is 0 Å². The van der Waals surface area contributed by atoms with Gasteiger partial charge in [0.25, 0.3) is 0 Å². The molecule has 0 saturated carbocycles. The highest BCUT2D eigenvalue weighted by molar-refractivity contribution is 6.11. The fourth-order valence-corrected chi connectivity index (χ4v) is 3.70. The number of fused-ring (bicyclic) bond motifs is 1. The van der Waals surface area contributed by atoms with E-state index >= 15 is 0 Å². The van der Waals surface area contributed by atoms with Crippen LogP contribution in [0.5, 0.6) is 0 Å². The number of carboxylic acid groups (broad SMARTS) is 1. The van der Waals surface area contributed by atoms with Gasteiger partial charge in [0.2, 0.25) is 0 Å². The molecule has 0 heterocycles. The van der Waals surface area contributed by atoms with Crippen molar-refractivity contribution in [1.29, 1.82) is 0 Å². The maximum Gasteiger partial charge on any atom is 0.335 e. The van der Waals surface area contributed by atoms with Crippen LogP contribution in [0.25, 0.3) is 6.08 Å². The first-order valence-electron chi connectivity index (χ1n) is 9.21. The molecule has 0 amide bonds. The normalized spacial score (nSPS) is 16.3. The van der Waals surface area contributed by atoms with Crippen LogP contribution in [-0.4, -0.2) is 28.6 Å². The second-order valence-electron chi connectivity index (χ2n) is 7.55. The Morgan fingerprint density at radius 1 is 1.15 bits per heavy atom. The zero-order chi connectivity index (χ0) is 19.4. The first-order valence-corrected chi connectivity index (χ1v) is 9.21. The van der Waals surface area contributed by atoms with Crippen LogP contribution in [0.4, 0.5) is 0 Å². The van der Waals surface area contributed by atoms with Crippen molar-refractivity contribution < 1.29 is 15.0 Å². The Hall–Kier alpha value is -2.72. The lowest BCUT2D eigenvalue weighted by Crippen LogP contribution is -2.24. The number of nitrogens with zero attached hydrogens (tertiary/aromatic N) is 1. The van der Waals surface area contributed by atoms with Gasteiger partial charge in [-0.25, -0.2) is 4.79 Å². The van der Waals surface area contributed by atoms with Gasteiger partial charge >= 0.3 is 5.97 Å². The Bertz CT molecular complexity index is 892. The number of aliphatic imine (C=N–C) groups is 1. The topological polar surface area (TPSA) is 69.9 Å². The molecule has 1 aliphatic rings. The van der Waals surface area contributed by atoms with E-state index in [9.17, 15) is 9.90 Å². The summed E-state index contributed by atoms with van der Waals surface area (Å²) in [5.74, 6) is -0.940. The van der Waals surface area contributed by atoms with E-state index < -0.39 is 5.97 Å². The summed E-state index contributed by atoms with van der Waals surface area (Å²) < 4.78 is 0. The molecule has 0 bridgehead atoms. The highest BCUT2D eigenvalue weighted by atomic mass is 16.4. The number of hydrogen-bond donors (Lipinski definition) is 2. The van der Waals surface area contributed by atoms with Gasteiger partial charge in [0, 0.05) is 5.56 Å². The summed E-state index contributed by atoms with van der Waals surface area (Å²) in [5.41, 5.74) is 5.79. The van der Waals surface area contributed by atoms with E-state index in [0.717, 1.165) is 17.5 Å². The van der Waals surface area contributed by atoms with E-state index in [0.29, 0.717) is 5.71 Å². The third-order valence-electron chi connectivity index (χ3n) is 5.21. The van der Waals surface area contributed by atoms with Gasteiger partial charge in [-0.3, -0.25) is 4.99 Å². The van der Waals surface area contributed by atoms with E-state index in [1.54, 1.807) is 24.3 Å². The molecule has 27 heavy (non-hydrogen) atoms. The molecule has 2 N–H and O–H groups in total. The fraction of sp³-hybridized carbons (Fsp3) is 0.304. The van der Waals surface area contributed by atoms with Crippen LogP contribution >= 0.6 is 0 Å². The predicted molar refractivity (Wildman–Crippen MR) is 108 cm³/mol. The van der Waals surface area contributed by atoms with Crippen molar-refractivity contribution in [3.8, 4) is 0 Å². The molecule has 0 atom stereocenters. The standard InChI is InChI=1S/C23H25NO3/c1-23(2)13-3-4-18-14-19(10-11-20(18)23)21(24-15-25)12-7-16-5-8-17(9-6-16)22(26)27/h5-12,14,25H,3-4,13,15H2,1-2H3,(H,26,27)/b12-7+,24-21+. The van der Waals surface area contributed by atoms with E-state index in [-0.39, 0.29) is 17.7 Å². The minimum absolute atomic E-state index is 0.197. The molecule has 4 nitrogen and oxygen atoms in total. The molecule has 0 radical (unpaired) electrons. The number of benzene rings is 2. The van der Waals surface area contributed by atoms with Crippen molar-refractivity contribution >= 4 is 17.8 Å². The number of hydrogen-bond acceptors (Lipinski definition) is 3. The van der Waals surface area contributed by atoms with Crippen molar-refractivity contribution in [3.05, 3.63) is 76.4 Å². The van der Waals surface area contributed by atoms with Gasteiger partial charge in [-0.05, 0) is 65.6 Å². The zero-order valence-electron chi connectivity index (χ0n) is 15.8. The van der Waals surface area contributed by atoms with Crippen LogP contribution in [0.15, 0.2) is 53.5 Å². The maximum absolute atomic E-state index is 10.9. The SMILES string of the molecule is CC1(C)CCCc2cc(C(/C=C/c3ccc(C(=O)O)cc3)=N/CO)ccc21. The number of carboxylic acids is 1. The lowest BCUT2D eigenvalue weighted by Gasteiger charge is -2.32. The number of carbonyl (C=O) groups is 1. The molecule has 0 aliphatic heterocycles. The summed E-state index contributed by atoms with van der Waals surface area (Å²) in [4.78, 5) is 15.2. The number of allylic oxidation sites excluding steroid dienone is 1. The summed E-state index contributed by atoms with van der Waals surface area (Å²) >= 11 is 0. The molecule has 0 unspecified atom stereocenters. The lowest BCUT2D eigenvalue weighted by molar-refractivity contribution is 0.0697.